The van der Waals surface area contributed by atoms with Crippen LogP contribution in [0.4, 0.5) is 4.79 Å². The van der Waals surface area contributed by atoms with E-state index in [-0.39, 0.29) is 18.6 Å². The number of hydrogen-bond acceptors (Lipinski definition) is 4. The second-order valence-electron chi connectivity index (χ2n) is 4.81. The molecule has 0 unspecified atom stereocenters. The third kappa shape index (κ3) is 4.62. The fraction of sp³-hybridized carbons (Fsp3) is 0.467. The fourth-order valence-corrected chi connectivity index (χ4v) is 2.38. The quantitative estimate of drug-likeness (QED) is 0.814. The lowest BCUT2D eigenvalue weighted by atomic mass is 10.3. The number of halogens is 1. The van der Waals surface area contributed by atoms with Crippen LogP contribution >= 0.6 is 15.9 Å². The Hall–Kier alpha value is -1.76. The van der Waals surface area contributed by atoms with Gasteiger partial charge in [-0.15, -0.1) is 0 Å². The van der Waals surface area contributed by atoms with Crippen LogP contribution in [0.5, 0.6) is 5.75 Å². The van der Waals surface area contributed by atoms with Crippen LogP contribution in [0.25, 0.3) is 0 Å². The summed E-state index contributed by atoms with van der Waals surface area (Å²) >= 11 is 3.34. The first-order chi connectivity index (χ1) is 10.6. The van der Waals surface area contributed by atoms with E-state index < -0.39 is 0 Å². The van der Waals surface area contributed by atoms with Crippen molar-refractivity contribution in [2.45, 2.75) is 6.92 Å². The van der Waals surface area contributed by atoms with Gasteiger partial charge >= 0.3 is 6.09 Å². The summed E-state index contributed by atoms with van der Waals surface area (Å²) < 4.78 is 11.4. The largest absolute Gasteiger partial charge is 0.484 e. The van der Waals surface area contributed by atoms with Crippen LogP contribution in [-0.2, 0) is 9.53 Å². The van der Waals surface area contributed by atoms with Crippen molar-refractivity contribution in [3.8, 4) is 5.75 Å². The molecule has 1 heterocycles. The molecular formula is C15H19BrN2O4. The van der Waals surface area contributed by atoms with Gasteiger partial charge < -0.3 is 19.3 Å². The van der Waals surface area contributed by atoms with Gasteiger partial charge in [-0.1, -0.05) is 15.9 Å². The van der Waals surface area contributed by atoms with E-state index in [0.717, 1.165) is 4.47 Å². The molecule has 0 bridgehead atoms. The lowest BCUT2D eigenvalue weighted by molar-refractivity contribution is -0.134. The Labute approximate surface area is 138 Å². The Balaban J connectivity index is 1.75. The van der Waals surface area contributed by atoms with Crippen LogP contribution in [0, 0.1) is 0 Å². The maximum atomic E-state index is 12.1. The molecule has 1 fully saturated rings. The topological polar surface area (TPSA) is 59.1 Å². The molecule has 120 valence electrons. The minimum atomic E-state index is -0.319. The van der Waals surface area contributed by atoms with Crippen LogP contribution in [-0.4, -0.2) is 61.2 Å². The van der Waals surface area contributed by atoms with Crippen molar-refractivity contribution >= 4 is 27.9 Å². The molecule has 1 aliphatic rings. The summed E-state index contributed by atoms with van der Waals surface area (Å²) in [5.41, 5.74) is 0. The van der Waals surface area contributed by atoms with Crippen molar-refractivity contribution < 1.29 is 19.1 Å². The third-order valence-electron chi connectivity index (χ3n) is 3.33. The highest BCUT2D eigenvalue weighted by Gasteiger charge is 2.24. The van der Waals surface area contributed by atoms with Crippen molar-refractivity contribution in [3.05, 3.63) is 28.7 Å². The molecule has 0 aliphatic carbocycles. The number of piperazine rings is 1. The van der Waals surface area contributed by atoms with Gasteiger partial charge in [-0.2, -0.15) is 0 Å². The molecule has 0 radical (unpaired) electrons. The zero-order valence-corrected chi connectivity index (χ0v) is 14.0. The first-order valence-corrected chi connectivity index (χ1v) is 7.97. The van der Waals surface area contributed by atoms with E-state index in [1.54, 1.807) is 28.9 Å². The number of carbonyl (C=O) groups excluding carboxylic acids is 2. The Morgan fingerprint density at radius 2 is 1.68 bits per heavy atom. The summed E-state index contributed by atoms with van der Waals surface area (Å²) in [5.74, 6) is 0.577. The summed E-state index contributed by atoms with van der Waals surface area (Å²) in [7, 11) is 0. The van der Waals surface area contributed by atoms with E-state index in [1.807, 2.05) is 12.1 Å². The molecule has 0 N–H and O–H groups in total. The average molecular weight is 371 g/mol. The van der Waals surface area contributed by atoms with Crippen LogP contribution < -0.4 is 4.74 Å². The molecule has 6 nitrogen and oxygen atoms in total. The number of hydrogen-bond donors (Lipinski definition) is 0. The van der Waals surface area contributed by atoms with Crippen molar-refractivity contribution in [2.75, 3.05) is 39.4 Å². The van der Waals surface area contributed by atoms with E-state index in [1.165, 1.54) is 0 Å². The van der Waals surface area contributed by atoms with Crippen molar-refractivity contribution in [2.24, 2.45) is 0 Å². The van der Waals surface area contributed by atoms with E-state index >= 15 is 0 Å². The van der Waals surface area contributed by atoms with E-state index in [0.29, 0.717) is 38.5 Å². The molecule has 1 aliphatic heterocycles. The third-order valence-corrected chi connectivity index (χ3v) is 3.86. The lowest BCUT2D eigenvalue weighted by Crippen LogP contribution is -2.51. The van der Waals surface area contributed by atoms with Gasteiger partial charge in [-0.3, -0.25) is 4.79 Å². The maximum absolute atomic E-state index is 12.1. The molecule has 0 spiro atoms. The van der Waals surface area contributed by atoms with Gasteiger partial charge in [0.25, 0.3) is 5.91 Å². The van der Waals surface area contributed by atoms with Crippen molar-refractivity contribution in [1.29, 1.82) is 0 Å². The van der Waals surface area contributed by atoms with Gasteiger partial charge in [0.05, 0.1) is 6.61 Å². The average Bonchev–Trinajstić information content (AvgIpc) is 2.54. The smallest absolute Gasteiger partial charge is 0.409 e. The highest BCUT2D eigenvalue weighted by atomic mass is 79.9. The van der Waals surface area contributed by atoms with E-state index in [4.69, 9.17) is 9.47 Å². The number of nitrogens with zero attached hydrogens (tertiary/aromatic N) is 2. The maximum Gasteiger partial charge on any atom is 0.409 e. The number of benzene rings is 1. The monoisotopic (exact) mass is 370 g/mol. The predicted molar refractivity (Wildman–Crippen MR) is 84.8 cm³/mol. The van der Waals surface area contributed by atoms with E-state index in [2.05, 4.69) is 15.9 Å². The summed E-state index contributed by atoms with van der Waals surface area (Å²) in [6.45, 7) is 4.12. The molecule has 0 saturated carbocycles. The Bertz CT molecular complexity index is 513. The van der Waals surface area contributed by atoms with Gasteiger partial charge in [0.1, 0.15) is 5.75 Å². The van der Waals surface area contributed by atoms with Gasteiger partial charge in [-0.25, -0.2) is 4.79 Å². The first kappa shape index (κ1) is 16.6. The molecule has 22 heavy (non-hydrogen) atoms. The summed E-state index contributed by atoms with van der Waals surface area (Å²) in [6, 6.07) is 7.32. The zero-order valence-electron chi connectivity index (χ0n) is 12.5. The van der Waals surface area contributed by atoms with Crippen LogP contribution in [0.3, 0.4) is 0 Å². The number of ether oxygens (including phenoxy) is 2. The minimum absolute atomic E-state index is 0.00103. The Kier molecular flexibility index (Phi) is 6.06. The van der Waals surface area contributed by atoms with Gasteiger partial charge in [0.15, 0.2) is 6.61 Å². The second-order valence-corrected chi connectivity index (χ2v) is 5.73. The number of carbonyl (C=O) groups is 2. The molecule has 2 rings (SSSR count). The molecule has 0 aromatic heterocycles. The number of amides is 2. The normalized spacial score (nSPS) is 14.6. The molecular weight excluding hydrogens is 352 g/mol. The van der Waals surface area contributed by atoms with Crippen molar-refractivity contribution in [1.82, 2.24) is 9.80 Å². The zero-order chi connectivity index (χ0) is 15.9. The molecule has 2 amide bonds. The molecule has 1 aromatic rings. The highest BCUT2D eigenvalue weighted by molar-refractivity contribution is 9.10. The SMILES string of the molecule is CCOC(=O)N1CCN(C(=O)COc2ccc(Br)cc2)CC1. The van der Waals surface area contributed by atoms with Crippen LogP contribution in [0.15, 0.2) is 28.7 Å². The van der Waals surface area contributed by atoms with E-state index in [9.17, 15) is 9.59 Å². The highest BCUT2D eigenvalue weighted by Crippen LogP contribution is 2.16. The van der Waals surface area contributed by atoms with Crippen molar-refractivity contribution in [3.63, 3.8) is 0 Å². The second kappa shape index (κ2) is 8.03. The molecule has 1 saturated heterocycles. The molecule has 0 atom stereocenters. The fourth-order valence-electron chi connectivity index (χ4n) is 2.12. The summed E-state index contributed by atoms with van der Waals surface area (Å²) in [4.78, 5) is 27.0. The van der Waals surface area contributed by atoms with Crippen LogP contribution in [0.2, 0.25) is 0 Å². The summed E-state index contributed by atoms with van der Waals surface area (Å²) in [6.07, 6.45) is -0.319. The Morgan fingerprint density at radius 1 is 1.09 bits per heavy atom. The lowest BCUT2D eigenvalue weighted by Gasteiger charge is -2.33. The first-order valence-electron chi connectivity index (χ1n) is 7.18. The van der Waals surface area contributed by atoms with Gasteiger partial charge in [0.2, 0.25) is 0 Å². The molecule has 7 heteroatoms. The van der Waals surface area contributed by atoms with Gasteiger partial charge in [0, 0.05) is 30.7 Å². The Morgan fingerprint density at radius 3 is 2.27 bits per heavy atom. The molecule has 1 aromatic carbocycles. The van der Waals surface area contributed by atoms with Gasteiger partial charge in [-0.05, 0) is 31.2 Å². The predicted octanol–water partition coefficient (Wildman–Crippen LogP) is 2.13. The van der Waals surface area contributed by atoms with Crippen LogP contribution in [0.1, 0.15) is 6.92 Å². The number of rotatable bonds is 4. The summed E-state index contributed by atoms with van der Waals surface area (Å²) in [5, 5.41) is 0. The standard InChI is InChI=1S/C15H19BrN2O4/c1-2-21-15(20)18-9-7-17(8-10-18)14(19)11-22-13-5-3-12(16)4-6-13/h3-6H,2,7-11H2,1H3. The minimum Gasteiger partial charge on any atom is -0.484 e.